The van der Waals surface area contributed by atoms with Crippen LogP contribution in [-0.4, -0.2) is 40.1 Å². The lowest BCUT2D eigenvalue weighted by atomic mass is 10.1. The van der Waals surface area contributed by atoms with E-state index in [4.69, 9.17) is 4.74 Å². The van der Waals surface area contributed by atoms with Gasteiger partial charge < -0.3 is 4.74 Å². The van der Waals surface area contributed by atoms with Gasteiger partial charge in [0.1, 0.15) is 5.75 Å². The van der Waals surface area contributed by atoms with Crippen LogP contribution in [0.25, 0.3) is 0 Å². The summed E-state index contributed by atoms with van der Waals surface area (Å²) < 4.78 is 34.3. The number of ether oxygens (including phenoxy) is 1. The van der Waals surface area contributed by atoms with Gasteiger partial charge in [-0.25, -0.2) is 13.1 Å². The van der Waals surface area contributed by atoms with Gasteiger partial charge in [0.25, 0.3) is 0 Å². The molecule has 3 rings (SSSR count). The van der Waals surface area contributed by atoms with Crippen molar-refractivity contribution in [3.63, 3.8) is 0 Å². The molecule has 1 aliphatic rings. The summed E-state index contributed by atoms with van der Waals surface area (Å²) in [5.74, 6) is 0.780. The normalized spacial score (nSPS) is 16.5. The number of rotatable bonds is 7. The minimum absolute atomic E-state index is 0.0159. The average molecular weight is 439 g/mol. The zero-order chi connectivity index (χ0) is 18.6. The fraction of sp³-hybridized carbons (Fsp3) is 0.368. The van der Waals surface area contributed by atoms with Crippen LogP contribution >= 0.6 is 15.9 Å². The van der Waals surface area contributed by atoms with Crippen molar-refractivity contribution in [3.05, 3.63) is 58.6 Å². The van der Waals surface area contributed by atoms with Crippen LogP contribution in [0, 0.1) is 0 Å². The highest BCUT2D eigenvalue weighted by Gasteiger charge is 2.26. The lowest BCUT2D eigenvalue weighted by Gasteiger charge is -2.28. The van der Waals surface area contributed by atoms with E-state index in [1.165, 1.54) is 0 Å². The Morgan fingerprint density at radius 2 is 1.85 bits per heavy atom. The molecule has 26 heavy (non-hydrogen) atoms. The lowest BCUT2D eigenvalue weighted by Crippen LogP contribution is -2.36. The van der Waals surface area contributed by atoms with Crippen LogP contribution in [0.1, 0.15) is 24.4 Å². The van der Waals surface area contributed by atoms with Crippen molar-refractivity contribution in [1.29, 1.82) is 0 Å². The Balaban J connectivity index is 1.80. The van der Waals surface area contributed by atoms with Crippen molar-refractivity contribution in [2.45, 2.75) is 23.8 Å². The molecule has 1 fully saturated rings. The Morgan fingerprint density at radius 3 is 2.50 bits per heavy atom. The first-order valence-corrected chi connectivity index (χ1v) is 10.9. The first kappa shape index (κ1) is 19.4. The van der Waals surface area contributed by atoms with E-state index in [1.807, 2.05) is 24.3 Å². The van der Waals surface area contributed by atoms with Crippen LogP contribution < -0.4 is 9.46 Å². The maximum absolute atomic E-state index is 12.6. The minimum Gasteiger partial charge on any atom is -0.497 e. The van der Waals surface area contributed by atoms with E-state index in [1.54, 1.807) is 31.4 Å². The predicted molar refractivity (Wildman–Crippen MR) is 106 cm³/mol. The zero-order valence-electron chi connectivity index (χ0n) is 14.7. The molecule has 1 atom stereocenters. The third-order valence-electron chi connectivity index (χ3n) is 4.65. The summed E-state index contributed by atoms with van der Waals surface area (Å²) in [6, 6.07) is 14.5. The highest BCUT2D eigenvalue weighted by molar-refractivity contribution is 9.10. The second kappa shape index (κ2) is 8.52. The van der Waals surface area contributed by atoms with Gasteiger partial charge in [0.2, 0.25) is 10.0 Å². The molecule has 0 saturated carbocycles. The maximum atomic E-state index is 12.6. The Labute approximate surface area is 163 Å². The van der Waals surface area contributed by atoms with E-state index >= 15 is 0 Å². The Morgan fingerprint density at radius 1 is 1.15 bits per heavy atom. The minimum atomic E-state index is -3.55. The number of hydrogen-bond donors (Lipinski definition) is 1. The summed E-state index contributed by atoms with van der Waals surface area (Å²) in [6.45, 7) is 2.27. The molecule has 1 saturated heterocycles. The second-order valence-corrected chi connectivity index (χ2v) is 9.02. The molecule has 7 heteroatoms. The van der Waals surface area contributed by atoms with Gasteiger partial charge in [-0.2, -0.15) is 0 Å². The number of sulfonamides is 1. The maximum Gasteiger partial charge on any atom is 0.240 e. The zero-order valence-corrected chi connectivity index (χ0v) is 17.1. The molecular formula is C19H23BrN2O3S. The van der Waals surface area contributed by atoms with Crippen LogP contribution in [0.3, 0.4) is 0 Å². The van der Waals surface area contributed by atoms with Gasteiger partial charge in [0, 0.05) is 17.1 Å². The molecule has 0 amide bonds. The van der Waals surface area contributed by atoms with E-state index in [2.05, 4.69) is 25.6 Å². The molecule has 0 radical (unpaired) electrons. The fourth-order valence-electron chi connectivity index (χ4n) is 3.25. The quantitative estimate of drug-likeness (QED) is 0.717. The Hall–Kier alpha value is -1.41. The summed E-state index contributed by atoms with van der Waals surface area (Å²) in [5.41, 5.74) is 1.06. The van der Waals surface area contributed by atoms with Crippen LogP contribution in [0.15, 0.2) is 57.9 Å². The predicted octanol–water partition coefficient (Wildman–Crippen LogP) is 3.57. The number of halogens is 1. The van der Waals surface area contributed by atoms with Gasteiger partial charge in [0.15, 0.2) is 0 Å². The van der Waals surface area contributed by atoms with Gasteiger partial charge in [-0.05, 0) is 67.9 Å². The molecule has 0 unspecified atom stereocenters. The lowest BCUT2D eigenvalue weighted by molar-refractivity contribution is 0.246. The fourth-order valence-corrected chi connectivity index (χ4v) is 4.55. The Bertz CT molecular complexity index is 834. The average Bonchev–Trinajstić information content (AvgIpc) is 3.17. The summed E-state index contributed by atoms with van der Waals surface area (Å²) in [5, 5.41) is 0. The van der Waals surface area contributed by atoms with Crippen molar-refractivity contribution in [2.24, 2.45) is 0 Å². The van der Waals surface area contributed by atoms with Gasteiger partial charge in [-0.1, -0.05) is 28.1 Å². The van der Waals surface area contributed by atoms with Crippen molar-refractivity contribution in [3.8, 4) is 5.75 Å². The topological polar surface area (TPSA) is 58.6 Å². The van der Waals surface area contributed by atoms with Crippen LogP contribution in [0.2, 0.25) is 0 Å². The highest BCUT2D eigenvalue weighted by Crippen LogP contribution is 2.27. The summed E-state index contributed by atoms with van der Waals surface area (Å²) >= 11 is 3.33. The SMILES string of the molecule is COc1cccc([C@H](CNS(=O)(=O)c2ccc(Br)cc2)N2CCCC2)c1. The van der Waals surface area contributed by atoms with Crippen LogP contribution in [0.4, 0.5) is 0 Å². The van der Waals surface area contributed by atoms with Crippen LogP contribution in [0.5, 0.6) is 5.75 Å². The number of hydrogen-bond acceptors (Lipinski definition) is 4. The van der Waals surface area contributed by atoms with E-state index in [0.717, 1.165) is 41.7 Å². The number of nitrogens with zero attached hydrogens (tertiary/aromatic N) is 1. The number of likely N-dealkylation sites (tertiary alicyclic amines) is 1. The number of benzene rings is 2. The van der Waals surface area contributed by atoms with Gasteiger partial charge in [0.05, 0.1) is 12.0 Å². The van der Waals surface area contributed by atoms with Crippen molar-refractivity contribution in [2.75, 3.05) is 26.7 Å². The summed E-state index contributed by atoms with van der Waals surface area (Å²) in [6.07, 6.45) is 2.28. The monoisotopic (exact) mass is 438 g/mol. The molecule has 5 nitrogen and oxygen atoms in total. The molecule has 1 N–H and O–H groups in total. The third kappa shape index (κ3) is 4.65. The molecule has 2 aromatic carbocycles. The van der Waals surface area contributed by atoms with E-state index < -0.39 is 10.0 Å². The van der Waals surface area contributed by atoms with Gasteiger partial charge in [-0.15, -0.1) is 0 Å². The molecule has 140 valence electrons. The van der Waals surface area contributed by atoms with Gasteiger partial charge >= 0.3 is 0 Å². The molecule has 0 spiro atoms. The van der Waals surface area contributed by atoms with Gasteiger partial charge in [-0.3, -0.25) is 4.90 Å². The molecule has 2 aromatic rings. The van der Waals surface area contributed by atoms with Crippen LogP contribution in [-0.2, 0) is 10.0 Å². The largest absolute Gasteiger partial charge is 0.497 e. The molecule has 0 aromatic heterocycles. The molecular weight excluding hydrogens is 416 g/mol. The standard InChI is InChI=1S/C19H23BrN2O3S/c1-25-17-6-4-5-15(13-17)19(22-11-2-3-12-22)14-21-26(23,24)18-9-7-16(20)8-10-18/h4-10,13,19,21H,2-3,11-12,14H2,1H3/t19-/m0/s1. The smallest absolute Gasteiger partial charge is 0.240 e. The summed E-state index contributed by atoms with van der Waals surface area (Å²) in [4.78, 5) is 2.60. The Kier molecular flexibility index (Phi) is 6.34. The van der Waals surface area contributed by atoms with Crippen molar-refractivity contribution < 1.29 is 13.2 Å². The molecule has 1 aliphatic heterocycles. The highest BCUT2D eigenvalue weighted by atomic mass is 79.9. The number of methoxy groups -OCH3 is 1. The first-order chi connectivity index (χ1) is 12.5. The molecule has 0 aliphatic carbocycles. The van der Waals surface area contributed by atoms with E-state index in [0.29, 0.717) is 6.54 Å². The van der Waals surface area contributed by atoms with E-state index in [9.17, 15) is 8.42 Å². The second-order valence-electron chi connectivity index (χ2n) is 6.34. The molecule has 1 heterocycles. The van der Waals surface area contributed by atoms with Crippen molar-refractivity contribution >= 4 is 26.0 Å². The summed E-state index contributed by atoms with van der Waals surface area (Å²) in [7, 11) is -1.91. The molecule has 0 bridgehead atoms. The van der Waals surface area contributed by atoms with E-state index in [-0.39, 0.29) is 10.9 Å². The third-order valence-corrected chi connectivity index (χ3v) is 6.62. The number of nitrogens with one attached hydrogen (secondary N) is 1. The van der Waals surface area contributed by atoms with Crippen molar-refractivity contribution in [1.82, 2.24) is 9.62 Å². The first-order valence-electron chi connectivity index (χ1n) is 8.63.